The Hall–Kier alpha value is -0.960. The number of hydrogen-bond donors (Lipinski definition) is 2. The molecule has 0 bridgehead atoms. The maximum absolute atomic E-state index is 9.21. The van der Waals surface area contributed by atoms with Crippen LogP contribution in [0.4, 0.5) is 5.82 Å². The van der Waals surface area contributed by atoms with Crippen LogP contribution in [0.3, 0.4) is 0 Å². The van der Waals surface area contributed by atoms with E-state index < -0.39 is 0 Å². The first-order chi connectivity index (χ1) is 6.65. The molecule has 0 saturated heterocycles. The van der Waals surface area contributed by atoms with Gasteiger partial charge in [0.05, 0.1) is 0 Å². The van der Waals surface area contributed by atoms with E-state index in [9.17, 15) is 5.11 Å². The number of aromatic nitrogens is 1. The standard InChI is InChI=1S/C11H20N2O/c1-9(2)10(8-14)7-13(3)11-5-4-6-12-11/h4-6,9-10,12,14H,7-8H2,1-3H3. The lowest BCUT2D eigenvalue weighted by molar-refractivity contribution is 0.193. The van der Waals surface area contributed by atoms with Crippen LogP contribution in [0.1, 0.15) is 13.8 Å². The number of hydrogen-bond acceptors (Lipinski definition) is 2. The SMILES string of the molecule is CC(C)C(CO)CN(C)c1ccc[nH]1. The molecule has 0 saturated carbocycles. The Morgan fingerprint density at radius 1 is 1.50 bits per heavy atom. The van der Waals surface area contributed by atoms with Gasteiger partial charge >= 0.3 is 0 Å². The third kappa shape index (κ3) is 2.77. The Bertz CT molecular complexity index is 244. The van der Waals surface area contributed by atoms with Crippen LogP contribution < -0.4 is 4.90 Å². The van der Waals surface area contributed by atoms with Crippen LogP contribution in [-0.2, 0) is 0 Å². The average Bonchev–Trinajstić information content (AvgIpc) is 2.65. The van der Waals surface area contributed by atoms with E-state index in [0.717, 1.165) is 12.4 Å². The molecule has 1 rings (SSSR count). The molecule has 1 unspecified atom stereocenters. The summed E-state index contributed by atoms with van der Waals surface area (Å²) in [5, 5.41) is 9.21. The van der Waals surface area contributed by atoms with Crippen molar-refractivity contribution in [1.29, 1.82) is 0 Å². The highest BCUT2D eigenvalue weighted by Crippen LogP contribution is 2.15. The molecule has 0 aliphatic heterocycles. The van der Waals surface area contributed by atoms with Gasteiger partial charge in [0.25, 0.3) is 0 Å². The summed E-state index contributed by atoms with van der Waals surface area (Å²) < 4.78 is 0. The Morgan fingerprint density at radius 2 is 2.21 bits per heavy atom. The second kappa shape index (κ2) is 5.05. The Morgan fingerprint density at radius 3 is 2.64 bits per heavy atom. The third-order valence-electron chi connectivity index (χ3n) is 2.68. The molecule has 1 aromatic rings. The second-order valence-corrected chi connectivity index (χ2v) is 4.12. The van der Waals surface area contributed by atoms with Crippen molar-refractivity contribution >= 4 is 5.82 Å². The minimum atomic E-state index is 0.253. The number of aromatic amines is 1. The molecule has 14 heavy (non-hydrogen) atoms. The number of rotatable bonds is 5. The number of nitrogens with zero attached hydrogens (tertiary/aromatic N) is 1. The van der Waals surface area contributed by atoms with Crippen LogP contribution >= 0.6 is 0 Å². The van der Waals surface area contributed by atoms with Gasteiger partial charge in [-0.25, -0.2) is 0 Å². The van der Waals surface area contributed by atoms with E-state index in [1.54, 1.807) is 0 Å². The summed E-state index contributed by atoms with van der Waals surface area (Å²) in [6.07, 6.45) is 1.91. The molecule has 1 atom stereocenters. The smallest absolute Gasteiger partial charge is 0.105 e. The average molecular weight is 196 g/mol. The highest BCUT2D eigenvalue weighted by Gasteiger charge is 2.14. The van der Waals surface area contributed by atoms with Crippen LogP contribution in [0.5, 0.6) is 0 Å². The van der Waals surface area contributed by atoms with E-state index in [1.807, 2.05) is 25.4 Å². The molecular formula is C11H20N2O. The summed E-state index contributed by atoms with van der Waals surface area (Å²) in [6.45, 7) is 5.42. The Kier molecular flexibility index (Phi) is 4.01. The number of aliphatic hydroxyl groups excluding tert-OH is 1. The highest BCUT2D eigenvalue weighted by molar-refractivity contribution is 5.37. The first-order valence-electron chi connectivity index (χ1n) is 5.10. The van der Waals surface area contributed by atoms with E-state index in [-0.39, 0.29) is 6.61 Å². The van der Waals surface area contributed by atoms with Gasteiger partial charge in [-0.3, -0.25) is 0 Å². The molecule has 1 heterocycles. The Labute approximate surface area is 85.7 Å². The van der Waals surface area contributed by atoms with E-state index in [4.69, 9.17) is 0 Å². The molecule has 1 aromatic heterocycles. The van der Waals surface area contributed by atoms with E-state index in [0.29, 0.717) is 11.8 Å². The zero-order valence-electron chi connectivity index (χ0n) is 9.20. The molecule has 0 aliphatic rings. The van der Waals surface area contributed by atoms with Gasteiger partial charge < -0.3 is 15.0 Å². The minimum absolute atomic E-state index is 0.253. The second-order valence-electron chi connectivity index (χ2n) is 4.12. The lowest BCUT2D eigenvalue weighted by Crippen LogP contribution is -2.30. The van der Waals surface area contributed by atoms with Crippen molar-refractivity contribution in [3.8, 4) is 0 Å². The summed E-state index contributed by atoms with van der Waals surface area (Å²) in [7, 11) is 2.04. The summed E-state index contributed by atoms with van der Waals surface area (Å²) in [5.74, 6) is 1.95. The fourth-order valence-electron chi connectivity index (χ4n) is 1.49. The molecule has 3 heteroatoms. The molecule has 80 valence electrons. The maximum atomic E-state index is 9.21. The van der Waals surface area contributed by atoms with Crippen molar-refractivity contribution in [3.63, 3.8) is 0 Å². The lowest BCUT2D eigenvalue weighted by Gasteiger charge is -2.25. The Balaban J connectivity index is 2.51. The molecule has 0 aromatic carbocycles. The molecule has 0 radical (unpaired) electrons. The van der Waals surface area contributed by atoms with Crippen LogP contribution in [0, 0.1) is 11.8 Å². The molecular weight excluding hydrogens is 176 g/mol. The number of anilines is 1. The van der Waals surface area contributed by atoms with Gasteiger partial charge in [-0.2, -0.15) is 0 Å². The predicted molar refractivity (Wildman–Crippen MR) is 59.5 cm³/mol. The molecule has 3 nitrogen and oxygen atoms in total. The fourth-order valence-corrected chi connectivity index (χ4v) is 1.49. The monoisotopic (exact) mass is 196 g/mol. The van der Waals surface area contributed by atoms with Crippen LogP contribution in [0.25, 0.3) is 0 Å². The zero-order valence-corrected chi connectivity index (χ0v) is 9.20. The predicted octanol–water partition coefficient (Wildman–Crippen LogP) is 1.72. The van der Waals surface area contributed by atoms with Gasteiger partial charge in [0.1, 0.15) is 5.82 Å². The maximum Gasteiger partial charge on any atom is 0.105 e. The van der Waals surface area contributed by atoms with Crippen molar-refractivity contribution < 1.29 is 5.11 Å². The lowest BCUT2D eigenvalue weighted by atomic mass is 9.96. The van der Waals surface area contributed by atoms with Crippen molar-refractivity contribution in [1.82, 2.24) is 4.98 Å². The van der Waals surface area contributed by atoms with Crippen molar-refractivity contribution in [2.24, 2.45) is 11.8 Å². The van der Waals surface area contributed by atoms with Gasteiger partial charge in [-0.05, 0) is 18.1 Å². The summed E-state index contributed by atoms with van der Waals surface area (Å²) in [5.41, 5.74) is 0. The summed E-state index contributed by atoms with van der Waals surface area (Å²) in [4.78, 5) is 5.29. The van der Waals surface area contributed by atoms with Crippen LogP contribution in [0.2, 0.25) is 0 Å². The van der Waals surface area contributed by atoms with E-state index in [2.05, 4.69) is 23.7 Å². The fraction of sp³-hybridized carbons (Fsp3) is 0.636. The molecule has 0 spiro atoms. The highest BCUT2D eigenvalue weighted by atomic mass is 16.3. The number of H-pyrrole nitrogens is 1. The molecule has 0 aliphatic carbocycles. The third-order valence-corrected chi connectivity index (χ3v) is 2.68. The molecule has 0 amide bonds. The first kappa shape index (κ1) is 11.1. The minimum Gasteiger partial charge on any atom is -0.396 e. The van der Waals surface area contributed by atoms with Crippen molar-refractivity contribution in [2.75, 3.05) is 25.1 Å². The number of aliphatic hydroxyl groups is 1. The topological polar surface area (TPSA) is 39.3 Å². The van der Waals surface area contributed by atoms with Gasteiger partial charge in [-0.1, -0.05) is 13.8 Å². The van der Waals surface area contributed by atoms with Crippen molar-refractivity contribution in [3.05, 3.63) is 18.3 Å². The number of nitrogens with one attached hydrogen (secondary N) is 1. The van der Waals surface area contributed by atoms with Gasteiger partial charge in [0.15, 0.2) is 0 Å². The summed E-state index contributed by atoms with van der Waals surface area (Å²) >= 11 is 0. The van der Waals surface area contributed by atoms with E-state index >= 15 is 0 Å². The first-order valence-corrected chi connectivity index (χ1v) is 5.10. The largest absolute Gasteiger partial charge is 0.396 e. The van der Waals surface area contributed by atoms with Gasteiger partial charge in [-0.15, -0.1) is 0 Å². The quantitative estimate of drug-likeness (QED) is 0.752. The zero-order chi connectivity index (χ0) is 10.6. The normalized spacial score (nSPS) is 13.2. The van der Waals surface area contributed by atoms with Crippen molar-refractivity contribution in [2.45, 2.75) is 13.8 Å². The molecule has 2 N–H and O–H groups in total. The summed E-state index contributed by atoms with van der Waals surface area (Å²) in [6, 6.07) is 4.02. The molecule has 0 fully saturated rings. The van der Waals surface area contributed by atoms with Gasteiger partial charge in [0, 0.05) is 32.3 Å². The van der Waals surface area contributed by atoms with Crippen LogP contribution in [0.15, 0.2) is 18.3 Å². The van der Waals surface area contributed by atoms with Gasteiger partial charge in [0.2, 0.25) is 0 Å². The van der Waals surface area contributed by atoms with E-state index in [1.165, 1.54) is 0 Å². The van der Waals surface area contributed by atoms with Crippen LogP contribution in [-0.4, -0.2) is 30.3 Å².